The zero-order valence-corrected chi connectivity index (χ0v) is 16.2. The third kappa shape index (κ3) is 3.72. The van der Waals surface area contributed by atoms with Gasteiger partial charge in [0.1, 0.15) is 17.6 Å². The normalized spacial score (nSPS) is 20.5. The van der Waals surface area contributed by atoms with Crippen LogP contribution in [0, 0.1) is 0 Å². The van der Waals surface area contributed by atoms with Crippen molar-refractivity contribution in [3.05, 3.63) is 35.0 Å². The molecule has 0 radical (unpaired) electrons. The van der Waals surface area contributed by atoms with E-state index in [-0.39, 0.29) is 12.1 Å². The summed E-state index contributed by atoms with van der Waals surface area (Å²) in [5, 5.41) is 2.89. The number of hydrogen-bond acceptors (Lipinski definition) is 5. The minimum atomic E-state index is -0.673. The van der Waals surface area contributed by atoms with E-state index in [4.69, 9.17) is 14.2 Å². The van der Waals surface area contributed by atoms with E-state index in [1.54, 1.807) is 46.4 Å². The summed E-state index contributed by atoms with van der Waals surface area (Å²) < 4.78 is 16.5. The van der Waals surface area contributed by atoms with Crippen LogP contribution < -0.4 is 14.8 Å². The van der Waals surface area contributed by atoms with E-state index >= 15 is 0 Å². The van der Waals surface area contributed by atoms with Crippen molar-refractivity contribution in [2.45, 2.75) is 44.8 Å². The summed E-state index contributed by atoms with van der Waals surface area (Å²) >= 11 is 0. The molecule has 1 fully saturated rings. The molecule has 1 N–H and O–H groups in total. The van der Waals surface area contributed by atoms with Gasteiger partial charge in [0.2, 0.25) is 0 Å². The van der Waals surface area contributed by atoms with Gasteiger partial charge in [-0.15, -0.1) is 0 Å². The predicted octanol–water partition coefficient (Wildman–Crippen LogP) is 3.16. The molecule has 0 saturated heterocycles. The van der Waals surface area contributed by atoms with Gasteiger partial charge in [0.25, 0.3) is 0 Å². The predicted molar refractivity (Wildman–Crippen MR) is 99.6 cm³/mol. The second kappa shape index (κ2) is 7.90. The second-order valence-electron chi connectivity index (χ2n) is 6.86. The van der Waals surface area contributed by atoms with Crippen LogP contribution in [-0.4, -0.2) is 44.3 Å². The Morgan fingerprint density at radius 1 is 1.19 bits per heavy atom. The van der Waals surface area contributed by atoms with Crippen LogP contribution in [0.25, 0.3) is 0 Å². The van der Waals surface area contributed by atoms with Crippen LogP contribution in [0.5, 0.6) is 11.5 Å². The van der Waals surface area contributed by atoms with Gasteiger partial charge in [-0.25, -0.2) is 9.59 Å². The van der Waals surface area contributed by atoms with Crippen molar-refractivity contribution in [2.75, 3.05) is 21.3 Å². The fourth-order valence-corrected chi connectivity index (χ4v) is 3.62. The number of ether oxygens (including phenoxy) is 3. The van der Waals surface area contributed by atoms with Crippen molar-refractivity contribution < 1.29 is 23.8 Å². The van der Waals surface area contributed by atoms with Crippen molar-refractivity contribution in [3.8, 4) is 11.5 Å². The zero-order valence-electron chi connectivity index (χ0n) is 16.2. The number of esters is 1. The number of nitrogens with one attached hydrogen (secondary N) is 1. The Balaban J connectivity index is 2.03. The fraction of sp³-hybridized carbons (Fsp3) is 0.500. The summed E-state index contributed by atoms with van der Waals surface area (Å²) in [6.07, 6.45) is 3.84. The molecular formula is C20H26N2O5. The summed E-state index contributed by atoms with van der Waals surface area (Å²) in [6, 6.07) is 4.33. The quantitative estimate of drug-likeness (QED) is 0.801. The molecule has 0 bridgehead atoms. The smallest absolute Gasteiger partial charge is 0.338 e. The first kappa shape index (κ1) is 19.1. The lowest BCUT2D eigenvalue weighted by Gasteiger charge is -2.34. The van der Waals surface area contributed by atoms with Gasteiger partial charge in [-0.05, 0) is 50.8 Å². The van der Waals surface area contributed by atoms with Crippen LogP contribution >= 0.6 is 0 Å². The van der Waals surface area contributed by atoms with Gasteiger partial charge in [-0.3, -0.25) is 0 Å². The molecule has 0 aromatic heterocycles. The first-order valence-electron chi connectivity index (χ1n) is 9.14. The molecule has 7 nitrogen and oxygen atoms in total. The fourth-order valence-electron chi connectivity index (χ4n) is 3.62. The van der Waals surface area contributed by atoms with Crippen LogP contribution in [0.1, 0.15) is 44.2 Å². The number of carbonyl (C=O) groups excluding carboxylic acids is 2. The molecule has 1 heterocycles. The number of amides is 2. The van der Waals surface area contributed by atoms with Crippen molar-refractivity contribution in [3.63, 3.8) is 0 Å². The van der Waals surface area contributed by atoms with Crippen LogP contribution in [0.4, 0.5) is 4.79 Å². The Hall–Kier alpha value is -2.70. The lowest BCUT2D eigenvalue weighted by atomic mass is 9.94. The van der Waals surface area contributed by atoms with E-state index in [1.165, 1.54) is 4.90 Å². The van der Waals surface area contributed by atoms with Crippen LogP contribution in [0.3, 0.4) is 0 Å². The monoisotopic (exact) mass is 374 g/mol. The van der Waals surface area contributed by atoms with Gasteiger partial charge in [0, 0.05) is 18.3 Å². The van der Waals surface area contributed by atoms with Crippen LogP contribution in [0.2, 0.25) is 0 Å². The Bertz CT molecular complexity index is 768. The van der Waals surface area contributed by atoms with E-state index < -0.39 is 12.0 Å². The Morgan fingerprint density at radius 3 is 2.52 bits per heavy atom. The number of allylic oxidation sites excluding steroid dienone is 1. The molecule has 1 aliphatic heterocycles. The lowest BCUT2D eigenvalue weighted by molar-refractivity contribution is -0.144. The summed E-state index contributed by atoms with van der Waals surface area (Å²) in [5.74, 6) is 0.769. The van der Waals surface area contributed by atoms with E-state index in [1.807, 2.05) is 0 Å². The van der Waals surface area contributed by atoms with E-state index in [2.05, 4.69) is 5.32 Å². The van der Waals surface area contributed by atoms with Crippen LogP contribution in [0.15, 0.2) is 29.5 Å². The molecule has 1 saturated carbocycles. The van der Waals surface area contributed by atoms with Gasteiger partial charge < -0.3 is 24.4 Å². The zero-order chi connectivity index (χ0) is 19.6. The maximum Gasteiger partial charge on any atom is 0.338 e. The minimum Gasteiger partial charge on any atom is -0.497 e. The molecule has 1 aliphatic carbocycles. The van der Waals surface area contributed by atoms with Gasteiger partial charge in [0.05, 0.1) is 25.8 Å². The molecule has 1 aromatic carbocycles. The third-order valence-corrected chi connectivity index (χ3v) is 5.30. The van der Waals surface area contributed by atoms with Crippen molar-refractivity contribution in [2.24, 2.45) is 0 Å². The van der Waals surface area contributed by atoms with Gasteiger partial charge in [0.15, 0.2) is 0 Å². The highest BCUT2D eigenvalue weighted by atomic mass is 16.5. The molecule has 3 rings (SSSR count). The Morgan fingerprint density at radius 2 is 1.89 bits per heavy atom. The summed E-state index contributed by atoms with van der Waals surface area (Å²) in [4.78, 5) is 26.9. The minimum absolute atomic E-state index is 0.0615. The topological polar surface area (TPSA) is 77.1 Å². The third-order valence-electron chi connectivity index (χ3n) is 5.30. The summed E-state index contributed by atoms with van der Waals surface area (Å²) in [6.45, 7) is 1.75. The van der Waals surface area contributed by atoms with E-state index in [0.717, 1.165) is 25.7 Å². The number of hydrogen-bond donors (Lipinski definition) is 1. The molecule has 27 heavy (non-hydrogen) atoms. The molecular weight excluding hydrogens is 348 g/mol. The number of methoxy groups -OCH3 is 2. The Labute approximate surface area is 159 Å². The molecule has 1 atom stereocenters. The lowest BCUT2D eigenvalue weighted by Crippen LogP contribution is -2.46. The molecule has 7 heteroatoms. The van der Waals surface area contributed by atoms with E-state index in [0.29, 0.717) is 28.3 Å². The van der Waals surface area contributed by atoms with Gasteiger partial charge >= 0.3 is 12.0 Å². The number of urea groups is 1. The molecule has 2 amide bonds. The van der Waals surface area contributed by atoms with Crippen LogP contribution in [-0.2, 0) is 9.53 Å². The number of carbonyl (C=O) groups is 2. The highest BCUT2D eigenvalue weighted by Crippen LogP contribution is 2.38. The maximum absolute atomic E-state index is 13.0. The van der Waals surface area contributed by atoms with Gasteiger partial charge in [-0.2, -0.15) is 0 Å². The standard InChI is InChI=1S/C20H26N2O5/c1-12-17(19(23)27-13-7-5-6-8-13)18(21-20(24)22(12)2)15-11-14(25-3)9-10-16(15)26-4/h9-11,13,18H,5-8H2,1-4H3,(H,21,24). The van der Waals surface area contributed by atoms with Crippen molar-refractivity contribution >= 4 is 12.0 Å². The largest absolute Gasteiger partial charge is 0.497 e. The van der Waals surface area contributed by atoms with Crippen molar-refractivity contribution in [1.82, 2.24) is 10.2 Å². The highest BCUT2D eigenvalue weighted by Gasteiger charge is 2.37. The molecule has 2 aliphatic rings. The first-order chi connectivity index (χ1) is 13.0. The average Bonchev–Trinajstić information content (AvgIpc) is 3.18. The average molecular weight is 374 g/mol. The molecule has 146 valence electrons. The number of benzene rings is 1. The number of nitrogens with zero attached hydrogens (tertiary/aromatic N) is 1. The van der Waals surface area contributed by atoms with Crippen molar-refractivity contribution in [1.29, 1.82) is 0 Å². The molecule has 1 aromatic rings. The summed E-state index contributed by atoms with van der Waals surface area (Å²) in [5.41, 5.74) is 1.63. The summed E-state index contributed by atoms with van der Waals surface area (Å²) in [7, 11) is 4.75. The molecule has 1 unspecified atom stereocenters. The Kier molecular flexibility index (Phi) is 5.58. The first-order valence-corrected chi connectivity index (χ1v) is 9.14. The SMILES string of the molecule is COc1ccc(OC)c(C2NC(=O)N(C)C(C)=C2C(=O)OC2CCCC2)c1. The highest BCUT2D eigenvalue weighted by molar-refractivity contribution is 5.95. The number of rotatable bonds is 5. The molecule has 0 spiro atoms. The maximum atomic E-state index is 13.0. The second-order valence-corrected chi connectivity index (χ2v) is 6.86. The van der Waals surface area contributed by atoms with E-state index in [9.17, 15) is 9.59 Å². The van der Waals surface area contributed by atoms with Gasteiger partial charge in [-0.1, -0.05) is 0 Å².